The first-order valence-electron chi connectivity index (χ1n) is 15.7. The van der Waals surface area contributed by atoms with Gasteiger partial charge in [-0.25, -0.2) is 8.78 Å². The van der Waals surface area contributed by atoms with Gasteiger partial charge >= 0.3 is 0 Å². The number of alkyl halides is 2. The van der Waals surface area contributed by atoms with E-state index < -0.39 is 11.8 Å². The first kappa shape index (κ1) is 31.3. The number of aliphatic hydroxyl groups excluding tert-OH is 1. The van der Waals surface area contributed by atoms with E-state index in [9.17, 15) is 0 Å². The Hall–Kier alpha value is -3.08. The lowest BCUT2D eigenvalue weighted by Crippen LogP contribution is -2.36. The van der Waals surface area contributed by atoms with Crippen molar-refractivity contribution >= 4 is 22.3 Å². The van der Waals surface area contributed by atoms with Gasteiger partial charge in [-0.15, -0.1) is 5.10 Å². The molecule has 2 aromatic carbocycles. The summed E-state index contributed by atoms with van der Waals surface area (Å²) in [6.45, 7) is 8.79. The minimum Gasteiger partial charge on any atom is -0.493 e. The van der Waals surface area contributed by atoms with Crippen LogP contribution in [0.5, 0.6) is 5.75 Å². The average Bonchev–Trinajstić information content (AvgIpc) is 3.04. The Morgan fingerprint density at radius 2 is 1.86 bits per heavy atom. The molecule has 2 saturated heterocycles. The Labute approximate surface area is 253 Å². The third kappa shape index (κ3) is 7.53. The number of ether oxygens (including phenoxy) is 2. The van der Waals surface area contributed by atoms with Gasteiger partial charge in [0.25, 0.3) is 5.92 Å². The van der Waals surface area contributed by atoms with Crippen molar-refractivity contribution in [2.24, 2.45) is 5.92 Å². The van der Waals surface area contributed by atoms with Gasteiger partial charge in [0.1, 0.15) is 5.75 Å². The summed E-state index contributed by atoms with van der Waals surface area (Å²) >= 11 is 0. The standard InChI is InChI=1S/C33H45F2N5O3/c1-23(25-8-7-9-27(20-25)33(34,35)26-10-12-36-13-11-26)37-32-29-21-28(40-14-18-42-19-15-40)22-30(31(29)24(2)38-39-32)43-17-6-4-3-5-16-41/h7-9,20-23,26,36,41H,3-6,10-19H2,1-2H3,(H,37,39)/t23-/m1/s1. The van der Waals surface area contributed by atoms with Crippen molar-refractivity contribution in [1.82, 2.24) is 15.5 Å². The number of aromatic nitrogens is 2. The van der Waals surface area contributed by atoms with Crippen molar-refractivity contribution in [3.8, 4) is 5.75 Å². The zero-order chi connectivity index (χ0) is 30.2. The lowest BCUT2D eigenvalue weighted by atomic mass is 9.86. The predicted octanol–water partition coefficient (Wildman–Crippen LogP) is 5.97. The molecular formula is C33H45F2N5O3. The molecule has 1 atom stereocenters. The molecule has 3 aromatic rings. The van der Waals surface area contributed by atoms with Crippen LogP contribution in [0.2, 0.25) is 0 Å². The zero-order valence-electron chi connectivity index (χ0n) is 25.4. The number of hydrogen-bond acceptors (Lipinski definition) is 8. The number of aryl methyl sites for hydroxylation is 1. The van der Waals surface area contributed by atoms with E-state index in [1.807, 2.05) is 19.9 Å². The molecule has 0 amide bonds. The molecule has 2 aliphatic rings. The molecule has 0 unspecified atom stereocenters. The van der Waals surface area contributed by atoms with E-state index in [0.717, 1.165) is 72.2 Å². The van der Waals surface area contributed by atoms with Crippen molar-refractivity contribution < 1.29 is 23.4 Å². The van der Waals surface area contributed by atoms with E-state index in [1.165, 1.54) is 0 Å². The number of morpholine rings is 1. The number of halogens is 2. The van der Waals surface area contributed by atoms with Crippen LogP contribution in [-0.2, 0) is 10.7 Å². The van der Waals surface area contributed by atoms with Crippen molar-refractivity contribution in [1.29, 1.82) is 0 Å². The summed E-state index contributed by atoms with van der Waals surface area (Å²) in [6.07, 6.45) is 4.58. The van der Waals surface area contributed by atoms with Gasteiger partial charge in [-0.05, 0) is 76.7 Å². The fraction of sp³-hybridized carbons (Fsp3) is 0.576. The number of benzene rings is 2. The van der Waals surface area contributed by atoms with Gasteiger partial charge in [0.15, 0.2) is 5.82 Å². The van der Waals surface area contributed by atoms with Crippen LogP contribution in [0.3, 0.4) is 0 Å². The molecular weight excluding hydrogens is 552 g/mol. The molecule has 3 N–H and O–H groups in total. The van der Waals surface area contributed by atoms with E-state index >= 15 is 8.78 Å². The summed E-state index contributed by atoms with van der Waals surface area (Å²) in [5, 5.41) is 26.5. The quantitative estimate of drug-likeness (QED) is 0.208. The summed E-state index contributed by atoms with van der Waals surface area (Å²) in [6, 6.07) is 10.7. The van der Waals surface area contributed by atoms with Gasteiger partial charge in [0.05, 0.1) is 36.9 Å². The minimum absolute atomic E-state index is 0.0645. The highest BCUT2D eigenvalue weighted by atomic mass is 19.3. The van der Waals surface area contributed by atoms with E-state index in [1.54, 1.807) is 18.2 Å². The normalized spacial score (nSPS) is 17.3. The Morgan fingerprint density at radius 1 is 1.09 bits per heavy atom. The fourth-order valence-electron chi connectivity index (χ4n) is 6.09. The molecule has 1 aromatic heterocycles. The highest BCUT2D eigenvalue weighted by Crippen LogP contribution is 2.42. The second kappa shape index (κ2) is 14.6. The van der Waals surface area contributed by atoms with Crippen molar-refractivity contribution in [2.75, 3.05) is 62.8 Å². The first-order chi connectivity index (χ1) is 20.9. The molecule has 0 spiro atoms. The van der Waals surface area contributed by atoms with Gasteiger partial charge in [-0.2, -0.15) is 5.10 Å². The van der Waals surface area contributed by atoms with Crippen LogP contribution in [0.4, 0.5) is 20.3 Å². The molecule has 234 valence electrons. The third-order valence-corrected chi connectivity index (χ3v) is 8.67. The molecule has 2 aliphatic heterocycles. The van der Waals surface area contributed by atoms with Crippen molar-refractivity contribution in [3.05, 3.63) is 53.2 Å². The maximum Gasteiger partial charge on any atom is 0.276 e. The highest BCUT2D eigenvalue weighted by Gasteiger charge is 2.41. The van der Waals surface area contributed by atoms with Crippen LogP contribution in [0.1, 0.15) is 68.3 Å². The zero-order valence-corrected chi connectivity index (χ0v) is 25.4. The van der Waals surface area contributed by atoms with E-state index in [-0.39, 0.29) is 18.2 Å². The topological polar surface area (TPSA) is 91.8 Å². The maximum atomic E-state index is 15.5. The average molecular weight is 598 g/mol. The van der Waals surface area contributed by atoms with E-state index in [0.29, 0.717) is 51.6 Å². The number of nitrogens with one attached hydrogen (secondary N) is 2. The van der Waals surface area contributed by atoms with Gasteiger partial charge in [-0.3, -0.25) is 0 Å². The summed E-state index contributed by atoms with van der Waals surface area (Å²) in [5.74, 6) is -2.20. The summed E-state index contributed by atoms with van der Waals surface area (Å²) in [4.78, 5) is 2.28. The molecule has 2 fully saturated rings. The molecule has 0 radical (unpaired) electrons. The minimum atomic E-state index is -2.88. The second-order valence-corrected chi connectivity index (χ2v) is 11.7. The Bertz CT molecular complexity index is 1350. The molecule has 3 heterocycles. The Kier molecular flexibility index (Phi) is 10.6. The van der Waals surface area contributed by atoms with Gasteiger partial charge in [0.2, 0.25) is 0 Å². The van der Waals surface area contributed by atoms with Crippen LogP contribution >= 0.6 is 0 Å². The van der Waals surface area contributed by atoms with Gasteiger partial charge in [-0.1, -0.05) is 24.6 Å². The number of nitrogens with zero attached hydrogens (tertiary/aromatic N) is 3. The van der Waals surface area contributed by atoms with Crippen LogP contribution in [0, 0.1) is 12.8 Å². The molecule has 10 heteroatoms. The number of hydrogen-bond donors (Lipinski definition) is 3. The number of fused-ring (bicyclic) bond motifs is 1. The predicted molar refractivity (Wildman–Crippen MR) is 166 cm³/mol. The lowest BCUT2D eigenvalue weighted by Gasteiger charge is -2.31. The molecule has 0 bridgehead atoms. The number of aliphatic hydroxyl groups is 1. The second-order valence-electron chi connectivity index (χ2n) is 11.7. The monoisotopic (exact) mass is 597 g/mol. The molecule has 0 aliphatic carbocycles. The number of rotatable bonds is 13. The molecule has 8 nitrogen and oxygen atoms in total. The SMILES string of the molecule is Cc1nnc(N[C@H](C)c2cccc(C(F)(F)C3CCNCC3)c2)c2cc(N3CCOCC3)cc(OCCCCCCO)c12. The van der Waals surface area contributed by atoms with Crippen LogP contribution in [-0.4, -0.2) is 67.9 Å². The maximum absolute atomic E-state index is 15.5. The summed E-state index contributed by atoms with van der Waals surface area (Å²) < 4.78 is 43.0. The highest BCUT2D eigenvalue weighted by molar-refractivity contribution is 5.99. The number of piperidine rings is 1. The van der Waals surface area contributed by atoms with E-state index in [4.69, 9.17) is 14.6 Å². The van der Waals surface area contributed by atoms with Gasteiger partial charge < -0.3 is 30.1 Å². The number of unbranched alkanes of at least 4 members (excludes halogenated alkanes) is 3. The Balaban J connectivity index is 1.43. The largest absolute Gasteiger partial charge is 0.493 e. The third-order valence-electron chi connectivity index (χ3n) is 8.67. The summed E-state index contributed by atoms with van der Waals surface area (Å²) in [7, 11) is 0. The Morgan fingerprint density at radius 3 is 2.63 bits per heavy atom. The van der Waals surface area contributed by atoms with Crippen LogP contribution in [0.15, 0.2) is 36.4 Å². The number of anilines is 2. The van der Waals surface area contributed by atoms with Crippen molar-refractivity contribution in [2.45, 2.75) is 64.3 Å². The molecule has 5 rings (SSSR count). The summed E-state index contributed by atoms with van der Waals surface area (Å²) in [5.41, 5.74) is 2.62. The van der Waals surface area contributed by atoms with Crippen LogP contribution in [0.25, 0.3) is 10.8 Å². The molecule has 0 saturated carbocycles. The first-order valence-corrected chi connectivity index (χ1v) is 15.7. The van der Waals surface area contributed by atoms with Crippen molar-refractivity contribution in [3.63, 3.8) is 0 Å². The lowest BCUT2D eigenvalue weighted by molar-refractivity contribution is -0.0754. The molecule has 43 heavy (non-hydrogen) atoms. The van der Waals surface area contributed by atoms with Gasteiger partial charge in [0, 0.05) is 48.3 Å². The smallest absolute Gasteiger partial charge is 0.276 e. The fourth-order valence-corrected chi connectivity index (χ4v) is 6.09. The van der Waals surface area contributed by atoms with Crippen LogP contribution < -0.4 is 20.3 Å². The van der Waals surface area contributed by atoms with E-state index in [2.05, 4.69) is 37.9 Å².